The molecule has 76 valence electrons. The molecular weight excluding hydrogens is 188 g/mol. The topological polar surface area (TPSA) is 26.3 Å². The number of ether oxygens (including phenoxy) is 1. The van der Waals surface area contributed by atoms with Crippen molar-refractivity contribution < 1.29 is 9.53 Å². The monoisotopic (exact) mass is 200 g/mol. The maximum absolute atomic E-state index is 11.4. The summed E-state index contributed by atoms with van der Waals surface area (Å²) >= 11 is 0. The number of esters is 1. The molecule has 1 fully saturated rings. The van der Waals surface area contributed by atoms with Crippen LogP contribution in [0.15, 0.2) is 36.4 Å². The Hall–Kier alpha value is -1.57. The third kappa shape index (κ3) is 1.14. The Kier molecular flexibility index (Phi) is 1.72. The molecule has 15 heavy (non-hydrogen) atoms. The zero-order valence-electron chi connectivity index (χ0n) is 8.40. The van der Waals surface area contributed by atoms with Crippen molar-refractivity contribution in [1.82, 2.24) is 0 Å². The van der Waals surface area contributed by atoms with Crippen molar-refractivity contribution in [3.8, 4) is 0 Å². The molecule has 0 N–H and O–H groups in total. The van der Waals surface area contributed by atoms with Crippen molar-refractivity contribution in [3.63, 3.8) is 0 Å². The average Bonchev–Trinajstić information content (AvgIpc) is 2.56. The van der Waals surface area contributed by atoms with Crippen molar-refractivity contribution in [2.75, 3.05) is 0 Å². The Morgan fingerprint density at radius 2 is 2.13 bits per heavy atom. The van der Waals surface area contributed by atoms with Crippen LogP contribution in [0.4, 0.5) is 0 Å². The van der Waals surface area contributed by atoms with Crippen molar-refractivity contribution in [2.45, 2.75) is 18.9 Å². The second-order valence-corrected chi connectivity index (χ2v) is 4.20. The van der Waals surface area contributed by atoms with Gasteiger partial charge in [-0.15, -0.1) is 0 Å². The van der Waals surface area contributed by atoms with Gasteiger partial charge in [-0.1, -0.05) is 30.8 Å². The molecule has 2 aliphatic rings. The first kappa shape index (κ1) is 8.72. The van der Waals surface area contributed by atoms with Crippen molar-refractivity contribution >= 4 is 5.97 Å². The van der Waals surface area contributed by atoms with Crippen LogP contribution in [0.3, 0.4) is 0 Å². The van der Waals surface area contributed by atoms with Crippen LogP contribution in [0.2, 0.25) is 0 Å². The highest BCUT2D eigenvalue weighted by Gasteiger charge is 2.42. The van der Waals surface area contributed by atoms with Crippen LogP contribution in [0.5, 0.6) is 0 Å². The number of carbonyl (C=O) groups is 1. The van der Waals surface area contributed by atoms with E-state index < -0.39 is 0 Å². The fraction of sp³-hybridized carbons (Fsp3) is 0.308. The highest BCUT2D eigenvalue weighted by molar-refractivity contribution is 5.91. The SMILES string of the molecule is C=C1C(=O)OC2c3ccccc3CCC12. The first-order valence-electron chi connectivity index (χ1n) is 5.25. The van der Waals surface area contributed by atoms with Gasteiger partial charge in [0.2, 0.25) is 0 Å². The van der Waals surface area contributed by atoms with E-state index in [0.717, 1.165) is 12.8 Å². The van der Waals surface area contributed by atoms with E-state index in [9.17, 15) is 4.79 Å². The maximum atomic E-state index is 11.4. The van der Waals surface area contributed by atoms with E-state index in [0.29, 0.717) is 5.57 Å². The van der Waals surface area contributed by atoms with Gasteiger partial charge in [-0.2, -0.15) is 0 Å². The first-order valence-corrected chi connectivity index (χ1v) is 5.25. The minimum absolute atomic E-state index is 0.0741. The smallest absolute Gasteiger partial charge is 0.334 e. The number of rotatable bonds is 0. The van der Waals surface area contributed by atoms with Crippen LogP contribution < -0.4 is 0 Å². The molecule has 3 rings (SSSR count). The summed E-state index contributed by atoms with van der Waals surface area (Å²) in [4.78, 5) is 11.4. The van der Waals surface area contributed by atoms with Gasteiger partial charge in [0.1, 0.15) is 6.10 Å². The quantitative estimate of drug-likeness (QED) is 0.475. The van der Waals surface area contributed by atoms with Gasteiger partial charge in [0.05, 0.1) is 0 Å². The lowest BCUT2D eigenvalue weighted by molar-refractivity contribution is -0.139. The maximum Gasteiger partial charge on any atom is 0.334 e. The lowest BCUT2D eigenvalue weighted by Crippen LogP contribution is -2.17. The highest BCUT2D eigenvalue weighted by Crippen LogP contribution is 2.45. The molecule has 2 heteroatoms. The summed E-state index contributed by atoms with van der Waals surface area (Å²) in [7, 11) is 0. The number of benzene rings is 1. The van der Waals surface area contributed by atoms with Crippen molar-refractivity contribution in [2.24, 2.45) is 5.92 Å². The second kappa shape index (κ2) is 2.96. The molecule has 0 radical (unpaired) electrons. The predicted molar refractivity (Wildman–Crippen MR) is 56.2 cm³/mol. The highest BCUT2D eigenvalue weighted by atomic mass is 16.6. The van der Waals surface area contributed by atoms with Gasteiger partial charge in [0.25, 0.3) is 0 Å². The lowest BCUT2D eigenvalue weighted by Gasteiger charge is -2.25. The van der Waals surface area contributed by atoms with Gasteiger partial charge in [-0.25, -0.2) is 4.79 Å². The number of fused-ring (bicyclic) bond motifs is 3. The molecule has 0 bridgehead atoms. The molecule has 0 amide bonds. The summed E-state index contributed by atoms with van der Waals surface area (Å²) in [6, 6.07) is 8.19. The van der Waals surface area contributed by atoms with Gasteiger partial charge >= 0.3 is 5.97 Å². The third-order valence-electron chi connectivity index (χ3n) is 3.40. The van der Waals surface area contributed by atoms with E-state index in [1.807, 2.05) is 12.1 Å². The molecule has 1 heterocycles. The normalized spacial score (nSPS) is 28.3. The fourth-order valence-corrected chi connectivity index (χ4v) is 2.56. The van der Waals surface area contributed by atoms with E-state index in [1.165, 1.54) is 11.1 Å². The third-order valence-corrected chi connectivity index (χ3v) is 3.40. The molecular formula is C13H12O2. The Balaban J connectivity index is 2.09. The summed E-state index contributed by atoms with van der Waals surface area (Å²) in [5, 5.41) is 0. The van der Waals surface area contributed by atoms with Gasteiger partial charge in [-0.05, 0) is 24.0 Å². The van der Waals surface area contributed by atoms with Crippen molar-refractivity contribution in [3.05, 3.63) is 47.5 Å². The molecule has 0 saturated carbocycles. The molecule has 1 saturated heterocycles. The van der Waals surface area contributed by atoms with Crippen LogP contribution in [-0.4, -0.2) is 5.97 Å². The molecule has 2 unspecified atom stereocenters. The van der Waals surface area contributed by atoms with Crippen LogP contribution in [0.1, 0.15) is 23.7 Å². The van der Waals surface area contributed by atoms with Gasteiger partial charge in [0, 0.05) is 11.5 Å². The Bertz CT molecular complexity index is 448. The molecule has 2 atom stereocenters. The largest absolute Gasteiger partial charge is 0.453 e. The average molecular weight is 200 g/mol. The Labute approximate surface area is 88.6 Å². The summed E-state index contributed by atoms with van der Waals surface area (Å²) in [5.74, 6) is -0.0193. The van der Waals surface area contributed by atoms with Crippen LogP contribution in [-0.2, 0) is 16.0 Å². The van der Waals surface area contributed by atoms with Gasteiger partial charge in [-0.3, -0.25) is 0 Å². The molecule has 0 spiro atoms. The number of carbonyl (C=O) groups excluding carboxylic acids is 1. The first-order chi connectivity index (χ1) is 7.27. The zero-order valence-corrected chi connectivity index (χ0v) is 8.40. The molecule has 1 aliphatic carbocycles. The molecule has 1 aliphatic heterocycles. The van der Waals surface area contributed by atoms with Gasteiger partial charge in [0.15, 0.2) is 0 Å². The van der Waals surface area contributed by atoms with E-state index in [4.69, 9.17) is 4.74 Å². The second-order valence-electron chi connectivity index (χ2n) is 4.20. The van der Waals surface area contributed by atoms with Crippen LogP contribution in [0.25, 0.3) is 0 Å². The Morgan fingerprint density at radius 3 is 3.00 bits per heavy atom. The zero-order chi connectivity index (χ0) is 10.4. The predicted octanol–water partition coefficient (Wildman–Crippen LogP) is 2.40. The van der Waals surface area contributed by atoms with E-state index >= 15 is 0 Å². The molecule has 0 aromatic heterocycles. The number of hydrogen-bond acceptors (Lipinski definition) is 2. The van der Waals surface area contributed by atoms with Crippen LogP contribution >= 0.6 is 0 Å². The standard InChI is InChI=1S/C13H12O2/c1-8-10-7-6-9-4-2-3-5-11(9)12(10)15-13(8)14/h2-5,10,12H,1,6-7H2. The molecule has 1 aromatic rings. The van der Waals surface area contributed by atoms with Gasteiger partial charge < -0.3 is 4.74 Å². The summed E-state index contributed by atoms with van der Waals surface area (Å²) < 4.78 is 5.37. The Morgan fingerprint density at radius 1 is 1.33 bits per heavy atom. The molecule has 1 aromatic carbocycles. The fourth-order valence-electron chi connectivity index (χ4n) is 2.56. The van der Waals surface area contributed by atoms with Crippen LogP contribution in [0, 0.1) is 5.92 Å². The summed E-state index contributed by atoms with van der Waals surface area (Å²) in [6.45, 7) is 3.82. The lowest BCUT2D eigenvalue weighted by atomic mass is 9.80. The summed E-state index contributed by atoms with van der Waals surface area (Å²) in [6.07, 6.45) is 1.93. The van der Waals surface area contributed by atoms with E-state index in [-0.39, 0.29) is 18.0 Å². The van der Waals surface area contributed by atoms with E-state index in [2.05, 4.69) is 18.7 Å². The number of aryl methyl sites for hydroxylation is 1. The minimum Gasteiger partial charge on any atom is -0.453 e. The van der Waals surface area contributed by atoms with Crippen molar-refractivity contribution in [1.29, 1.82) is 0 Å². The van der Waals surface area contributed by atoms with E-state index in [1.54, 1.807) is 0 Å². The number of hydrogen-bond donors (Lipinski definition) is 0. The molecule has 2 nitrogen and oxygen atoms in total. The summed E-state index contributed by atoms with van der Waals surface area (Å²) in [5.41, 5.74) is 3.12. The minimum atomic E-state index is -0.221.